The molecule has 3 nitrogen and oxygen atoms in total. The van der Waals surface area contributed by atoms with Gasteiger partial charge in [-0.15, -0.1) is 0 Å². The highest BCUT2D eigenvalue weighted by molar-refractivity contribution is 5.39. The molecule has 1 heterocycles. The van der Waals surface area contributed by atoms with Gasteiger partial charge in [0.15, 0.2) is 0 Å². The van der Waals surface area contributed by atoms with Crippen LogP contribution in [-0.4, -0.2) is 31.6 Å². The Kier molecular flexibility index (Phi) is 3.67. The monoisotopic (exact) mass is 220 g/mol. The molecule has 1 aliphatic carbocycles. The number of ether oxygens (including phenoxy) is 1. The summed E-state index contributed by atoms with van der Waals surface area (Å²) < 4.78 is 5.44. The van der Waals surface area contributed by atoms with Gasteiger partial charge >= 0.3 is 0 Å². The van der Waals surface area contributed by atoms with E-state index in [1.807, 2.05) is 0 Å². The molecule has 0 radical (unpaired) electrons. The number of rotatable bonds is 4. The first-order valence-electron chi connectivity index (χ1n) is 5.95. The van der Waals surface area contributed by atoms with Crippen molar-refractivity contribution in [1.29, 1.82) is 0 Å². The number of hydrogen-bond acceptors (Lipinski definition) is 3. The van der Waals surface area contributed by atoms with Crippen LogP contribution in [0.2, 0.25) is 0 Å². The minimum absolute atomic E-state index is 0.766. The van der Waals surface area contributed by atoms with Gasteiger partial charge in [-0.1, -0.05) is 12.2 Å². The van der Waals surface area contributed by atoms with E-state index < -0.39 is 0 Å². The average Bonchev–Trinajstić information content (AvgIpc) is 2.58. The summed E-state index contributed by atoms with van der Waals surface area (Å²) in [7, 11) is 1.75. The summed E-state index contributed by atoms with van der Waals surface area (Å²) in [6.07, 6.45) is 9.52. The Balaban J connectivity index is 2.16. The van der Waals surface area contributed by atoms with Crippen molar-refractivity contribution in [3.8, 4) is 0 Å². The van der Waals surface area contributed by atoms with E-state index in [9.17, 15) is 0 Å². The van der Waals surface area contributed by atoms with Gasteiger partial charge in [0.2, 0.25) is 0 Å². The molecule has 0 unspecified atom stereocenters. The maximum absolute atomic E-state index is 5.57. The lowest BCUT2D eigenvalue weighted by atomic mass is 10.1. The van der Waals surface area contributed by atoms with Crippen LogP contribution >= 0.6 is 0 Å². The molecule has 0 saturated heterocycles. The molecular formula is C13H20N2O. The van der Waals surface area contributed by atoms with Crippen LogP contribution in [0.4, 0.5) is 0 Å². The van der Waals surface area contributed by atoms with E-state index in [1.54, 1.807) is 7.11 Å². The number of nitrogens with zero attached hydrogens (tertiary/aromatic N) is 1. The van der Waals surface area contributed by atoms with Crippen LogP contribution in [0.15, 0.2) is 35.3 Å². The molecule has 0 spiro atoms. The van der Waals surface area contributed by atoms with Gasteiger partial charge in [-0.25, -0.2) is 0 Å². The zero-order chi connectivity index (χ0) is 11.4. The fraction of sp³-hybridized carbons (Fsp3) is 0.538. The van der Waals surface area contributed by atoms with Gasteiger partial charge < -0.3 is 15.4 Å². The number of allylic oxidation sites excluding steroid dienone is 4. The SMILES string of the molecule is COC1=CC=CCC2=C1CCN2CCCN. The van der Waals surface area contributed by atoms with E-state index in [1.165, 1.54) is 11.3 Å². The highest BCUT2D eigenvalue weighted by Gasteiger charge is 2.24. The predicted octanol–water partition coefficient (Wildman–Crippen LogP) is 1.79. The fourth-order valence-electron chi connectivity index (χ4n) is 2.39. The largest absolute Gasteiger partial charge is 0.496 e. The van der Waals surface area contributed by atoms with E-state index in [-0.39, 0.29) is 0 Å². The summed E-state index contributed by atoms with van der Waals surface area (Å²) in [5.74, 6) is 1.03. The summed E-state index contributed by atoms with van der Waals surface area (Å²) in [5, 5.41) is 0. The highest BCUT2D eigenvalue weighted by atomic mass is 16.5. The zero-order valence-corrected chi connectivity index (χ0v) is 9.91. The summed E-state index contributed by atoms with van der Waals surface area (Å²) in [6, 6.07) is 0. The zero-order valence-electron chi connectivity index (χ0n) is 9.91. The van der Waals surface area contributed by atoms with Crippen LogP contribution in [0.3, 0.4) is 0 Å². The first-order valence-corrected chi connectivity index (χ1v) is 5.95. The topological polar surface area (TPSA) is 38.5 Å². The minimum atomic E-state index is 0.766. The van der Waals surface area contributed by atoms with Crippen molar-refractivity contribution in [3.63, 3.8) is 0 Å². The van der Waals surface area contributed by atoms with Crippen molar-refractivity contribution in [1.82, 2.24) is 4.90 Å². The normalized spacial score (nSPS) is 19.6. The van der Waals surface area contributed by atoms with Crippen LogP contribution < -0.4 is 5.73 Å². The Labute approximate surface area is 97.3 Å². The third-order valence-electron chi connectivity index (χ3n) is 3.21. The van der Waals surface area contributed by atoms with Crippen LogP contribution in [0.25, 0.3) is 0 Å². The quantitative estimate of drug-likeness (QED) is 0.785. The summed E-state index contributed by atoms with van der Waals surface area (Å²) in [5.41, 5.74) is 8.37. The third-order valence-corrected chi connectivity index (χ3v) is 3.21. The van der Waals surface area contributed by atoms with Crippen molar-refractivity contribution in [2.75, 3.05) is 26.7 Å². The summed E-state index contributed by atoms with van der Waals surface area (Å²) >= 11 is 0. The lowest BCUT2D eigenvalue weighted by Gasteiger charge is -2.21. The van der Waals surface area contributed by atoms with Crippen molar-refractivity contribution in [2.24, 2.45) is 5.73 Å². The number of nitrogens with two attached hydrogens (primary N) is 1. The van der Waals surface area contributed by atoms with E-state index in [0.717, 1.165) is 44.7 Å². The maximum atomic E-state index is 5.57. The molecule has 3 heteroatoms. The molecule has 0 aromatic heterocycles. The second-order valence-electron chi connectivity index (χ2n) is 4.17. The Hall–Kier alpha value is -1.22. The Bertz CT molecular complexity index is 342. The molecule has 88 valence electrons. The molecular weight excluding hydrogens is 200 g/mol. The second kappa shape index (κ2) is 5.21. The molecule has 0 fully saturated rings. The van der Waals surface area contributed by atoms with Gasteiger partial charge in [0.25, 0.3) is 0 Å². The Morgan fingerprint density at radius 2 is 2.38 bits per heavy atom. The molecule has 16 heavy (non-hydrogen) atoms. The first-order chi connectivity index (χ1) is 7.86. The molecule has 0 atom stereocenters. The predicted molar refractivity (Wildman–Crippen MR) is 65.7 cm³/mol. The number of hydrogen-bond donors (Lipinski definition) is 1. The second-order valence-corrected chi connectivity index (χ2v) is 4.17. The van der Waals surface area contributed by atoms with E-state index in [0.29, 0.717) is 0 Å². The lowest BCUT2D eigenvalue weighted by molar-refractivity contribution is 0.299. The molecule has 0 aromatic carbocycles. The van der Waals surface area contributed by atoms with Gasteiger partial charge in [0, 0.05) is 30.8 Å². The molecule has 0 saturated carbocycles. The Morgan fingerprint density at radius 1 is 1.50 bits per heavy atom. The van der Waals surface area contributed by atoms with Gasteiger partial charge in [0.1, 0.15) is 5.76 Å². The van der Waals surface area contributed by atoms with Crippen LogP contribution in [0.1, 0.15) is 19.3 Å². The summed E-state index contributed by atoms with van der Waals surface area (Å²) in [6.45, 7) is 2.95. The number of methoxy groups -OCH3 is 1. The van der Waals surface area contributed by atoms with Crippen LogP contribution in [0, 0.1) is 0 Å². The van der Waals surface area contributed by atoms with Crippen LogP contribution in [0.5, 0.6) is 0 Å². The van der Waals surface area contributed by atoms with Crippen molar-refractivity contribution < 1.29 is 4.74 Å². The summed E-state index contributed by atoms with van der Waals surface area (Å²) in [4.78, 5) is 2.45. The van der Waals surface area contributed by atoms with Crippen molar-refractivity contribution in [2.45, 2.75) is 19.3 Å². The highest BCUT2D eigenvalue weighted by Crippen LogP contribution is 2.32. The van der Waals surface area contributed by atoms with E-state index in [2.05, 4.69) is 23.1 Å². The third kappa shape index (κ3) is 2.14. The molecule has 2 aliphatic rings. The van der Waals surface area contributed by atoms with Crippen LogP contribution in [-0.2, 0) is 4.74 Å². The molecule has 2 N–H and O–H groups in total. The van der Waals surface area contributed by atoms with Gasteiger partial charge in [-0.05, 0) is 25.5 Å². The lowest BCUT2D eigenvalue weighted by Crippen LogP contribution is -2.22. The molecule has 0 aromatic rings. The van der Waals surface area contributed by atoms with E-state index >= 15 is 0 Å². The van der Waals surface area contributed by atoms with Gasteiger partial charge in [-0.2, -0.15) is 0 Å². The maximum Gasteiger partial charge on any atom is 0.123 e. The Morgan fingerprint density at radius 3 is 3.12 bits per heavy atom. The van der Waals surface area contributed by atoms with Crippen molar-refractivity contribution in [3.05, 3.63) is 35.3 Å². The molecule has 0 bridgehead atoms. The van der Waals surface area contributed by atoms with Gasteiger partial charge in [-0.3, -0.25) is 0 Å². The standard InChI is InChI=1S/C13H20N2O/c1-16-13-6-3-2-5-12-11(13)7-10-15(12)9-4-8-14/h2-3,6H,4-5,7-10,14H2,1H3. The smallest absolute Gasteiger partial charge is 0.123 e. The van der Waals surface area contributed by atoms with E-state index in [4.69, 9.17) is 10.5 Å². The van der Waals surface area contributed by atoms with Crippen molar-refractivity contribution >= 4 is 0 Å². The average molecular weight is 220 g/mol. The molecule has 1 aliphatic heterocycles. The molecule has 0 amide bonds. The van der Waals surface area contributed by atoms with Gasteiger partial charge in [0.05, 0.1) is 7.11 Å². The minimum Gasteiger partial charge on any atom is -0.496 e. The fourth-order valence-corrected chi connectivity index (χ4v) is 2.39. The molecule has 2 rings (SSSR count). The first kappa shape index (κ1) is 11.3.